The minimum atomic E-state index is -0.546. The van der Waals surface area contributed by atoms with Gasteiger partial charge in [-0.05, 0) is 34.4 Å². The highest BCUT2D eigenvalue weighted by atomic mass is 16.6. The number of nitrogens with zero attached hydrogens (tertiary/aromatic N) is 1. The standard InChI is InChI=1S/C24H22NO4/c1-25(22-13-12-16(27-2)14-23(22)28-3)24(26)29-15-21-19-10-6-4-8-17(19)18-9-5-7-11-20(18)21/h4-14,21H,1,15H2,2-3H3. The lowest BCUT2D eigenvalue weighted by Gasteiger charge is -2.21. The molecule has 5 heteroatoms. The summed E-state index contributed by atoms with van der Waals surface area (Å²) in [5.74, 6) is 1.11. The van der Waals surface area contributed by atoms with Crippen LogP contribution in [0.3, 0.4) is 0 Å². The molecule has 29 heavy (non-hydrogen) atoms. The predicted molar refractivity (Wildman–Crippen MR) is 112 cm³/mol. The Morgan fingerprint density at radius 1 is 0.931 bits per heavy atom. The Morgan fingerprint density at radius 3 is 2.14 bits per heavy atom. The van der Waals surface area contributed by atoms with Gasteiger partial charge in [0.1, 0.15) is 18.1 Å². The van der Waals surface area contributed by atoms with Gasteiger partial charge in [-0.3, -0.25) is 4.90 Å². The second-order valence-electron chi connectivity index (χ2n) is 6.77. The van der Waals surface area contributed by atoms with Gasteiger partial charge in [0.25, 0.3) is 0 Å². The van der Waals surface area contributed by atoms with Gasteiger partial charge in [0.05, 0.1) is 19.9 Å². The summed E-state index contributed by atoms with van der Waals surface area (Å²) in [4.78, 5) is 13.9. The molecule has 3 aromatic carbocycles. The number of carbonyl (C=O) groups excluding carboxylic acids is 1. The maximum atomic E-state index is 12.7. The summed E-state index contributed by atoms with van der Waals surface area (Å²) < 4.78 is 16.2. The van der Waals surface area contributed by atoms with E-state index in [0.29, 0.717) is 17.2 Å². The zero-order valence-corrected chi connectivity index (χ0v) is 16.4. The van der Waals surface area contributed by atoms with Gasteiger partial charge < -0.3 is 14.2 Å². The Morgan fingerprint density at radius 2 is 1.55 bits per heavy atom. The van der Waals surface area contributed by atoms with Crippen LogP contribution < -0.4 is 14.4 Å². The van der Waals surface area contributed by atoms with E-state index < -0.39 is 6.09 Å². The van der Waals surface area contributed by atoms with Gasteiger partial charge in [0.15, 0.2) is 0 Å². The van der Waals surface area contributed by atoms with E-state index >= 15 is 0 Å². The number of anilines is 1. The van der Waals surface area contributed by atoms with Crippen molar-refractivity contribution in [3.63, 3.8) is 0 Å². The van der Waals surface area contributed by atoms with Crippen LogP contribution in [-0.4, -0.2) is 26.9 Å². The SMILES string of the molecule is [CH2]N(C(=O)OCC1c2ccccc2-c2ccccc21)c1ccc(OC)cc1OC. The first-order chi connectivity index (χ1) is 14.1. The normalized spacial score (nSPS) is 12.1. The minimum Gasteiger partial charge on any atom is -0.497 e. The first-order valence-electron chi connectivity index (χ1n) is 9.31. The molecular formula is C24H22NO4. The van der Waals surface area contributed by atoms with Crippen molar-refractivity contribution in [3.05, 3.63) is 84.9 Å². The largest absolute Gasteiger partial charge is 0.497 e. The maximum Gasteiger partial charge on any atom is 0.414 e. The lowest BCUT2D eigenvalue weighted by atomic mass is 9.98. The molecule has 0 spiro atoms. The topological polar surface area (TPSA) is 48.0 Å². The number of hydrogen-bond acceptors (Lipinski definition) is 4. The molecule has 0 heterocycles. The molecule has 0 aromatic heterocycles. The van der Waals surface area contributed by atoms with Crippen LogP contribution in [0.15, 0.2) is 66.7 Å². The zero-order valence-electron chi connectivity index (χ0n) is 16.4. The number of amides is 1. The Bertz CT molecular complexity index is 1000. The number of ether oxygens (including phenoxy) is 3. The van der Waals surface area contributed by atoms with E-state index in [0.717, 1.165) is 0 Å². The van der Waals surface area contributed by atoms with Crippen LogP contribution in [0, 0.1) is 7.05 Å². The monoisotopic (exact) mass is 388 g/mol. The molecule has 0 saturated carbocycles. The second-order valence-corrected chi connectivity index (χ2v) is 6.77. The molecule has 3 aromatic rings. The van der Waals surface area contributed by atoms with Gasteiger partial charge in [-0.1, -0.05) is 48.5 Å². The van der Waals surface area contributed by atoms with Crippen LogP contribution in [0.4, 0.5) is 10.5 Å². The fourth-order valence-corrected chi connectivity index (χ4v) is 3.78. The Balaban J connectivity index is 1.53. The van der Waals surface area contributed by atoms with Gasteiger partial charge in [-0.25, -0.2) is 4.79 Å². The number of fused-ring (bicyclic) bond motifs is 3. The number of methoxy groups -OCH3 is 2. The molecule has 1 radical (unpaired) electrons. The van der Waals surface area contributed by atoms with Crippen LogP contribution in [0.5, 0.6) is 11.5 Å². The molecule has 0 fully saturated rings. The molecule has 5 nitrogen and oxygen atoms in total. The van der Waals surface area contributed by atoms with Gasteiger partial charge >= 0.3 is 6.09 Å². The van der Waals surface area contributed by atoms with E-state index in [2.05, 4.69) is 31.3 Å². The van der Waals surface area contributed by atoms with Crippen molar-refractivity contribution in [1.29, 1.82) is 0 Å². The van der Waals surface area contributed by atoms with E-state index in [1.807, 2.05) is 24.3 Å². The summed E-state index contributed by atoms with van der Waals surface area (Å²) in [7, 11) is 6.95. The van der Waals surface area contributed by atoms with Crippen LogP contribution in [-0.2, 0) is 4.74 Å². The van der Waals surface area contributed by atoms with Crippen molar-refractivity contribution in [2.45, 2.75) is 5.92 Å². The third kappa shape index (κ3) is 3.40. The van der Waals surface area contributed by atoms with E-state index in [9.17, 15) is 4.79 Å². The fraction of sp³-hybridized carbons (Fsp3) is 0.167. The number of carbonyl (C=O) groups is 1. The molecule has 1 aliphatic rings. The Kier molecular flexibility index (Phi) is 5.12. The van der Waals surface area contributed by atoms with E-state index in [-0.39, 0.29) is 12.5 Å². The van der Waals surface area contributed by atoms with E-state index in [4.69, 9.17) is 14.2 Å². The lowest BCUT2D eigenvalue weighted by molar-refractivity contribution is 0.152. The number of benzene rings is 3. The highest BCUT2D eigenvalue weighted by Crippen LogP contribution is 2.44. The molecule has 0 aliphatic heterocycles. The van der Waals surface area contributed by atoms with Gasteiger partial charge in [-0.15, -0.1) is 0 Å². The molecule has 0 N–H and O–H groups in total. The number of hydrogen-bond donors (Lipinski definition) is 0. The van der Waals surface area contributed by atoms with Crippen molar-refractivity contribution < 1.29 is 19.0 Å². The van der Waals surface area contributed by atoms with E-state index in [1.165, 1.54) is 34.3 Å². The van der Waals surface area contributed by atoms with Gasteiger partial charge in [-0.2, -0.15) is 0 Å². The molecule has 1 amide bonds. The van der Waals surface area contributed by atoms with E-state index in [1.54, 1.807) is 25.3 Å². The quantitative estimate of drug-likeness (QED) is 0.599. The smallest absolute Gasteiger partial charge is 0.414 e. The summed E-state index contributed by atoms with van der Waals surface area (Å²) in [5, 5.41) is 0. The molecule has 1 aliphatic carbocycles. The van der Waals surface area contributed by atoms with Crippen LogP contribution in [0.2, 0.25) is 0 Å². The average molecular weight is 388 g/mol. The van der Waals surface area contributed by atoms with Crippen molar-refractivity contribution in [2.75, 3.05) is 25.7 Å². The third-order valence-corrected chi connectivity index (χ3v) is 5.23. The number of rotatable bonds is 5. The highest BCUT2D eigenvalue weighted by Gasteiger charge is 2.29. The Labute approximate surface area is 170 Å². The van der Waals surface area contributed by atoms with Gasteiger partial charge in [0, 0.05) is 19.0 Å². The summed E-state index contributed by atoms with van der Waals surface area (Å²) in [5.41, 5.74) is 5.21. The van der Waals surface area contributed by atoms with Crippen molar-refractivity contribution in [3.8, 4) is 22.6 Å². The minimum absolute atomic E-state index is 0.00230. The summed E-state index contributed by atoms with van der Waals surface area (Å²) >= 11 is 0. The first kappa shape index (κ1) is 18.9. The lowest BCUT2D eigenvalue weighted by Crippen LogP contribution is -2.27. The molecule has 0 atom stereocenters. The van der Waals surface area contributed by atoms with Crippen molar-refractivity contribution >= 4 is 11.8 Å². The van der Waals surface area contributed by atoms with Crippen molar-refractivity contribution in [2.24, 2.45) is 0 Å². The second kappa shape index (κ2) is 7.87. The zero-order chi connectivity index (χ0) is 20.4. The maximum absolute atomic E-state index is 12.7. The molecular weight excluding hydrogens is 366 g/mol. The van der Waals surface area contributed by atoms with Crippen molar-refractivity contribution in [1.82, 2.24) is 0 Å². The fourth-order valence-electron chi connectivity index (χ4n) is 3.78. The molecule has 0 saturated heterocycles. The van der Waals surface area contributed by atoms with Crippen LogP contribution >= 0.6 is 0 Å². The molecule has 4 rings (SSSR count). The molecule has 147 valence electrons. The van der Waals surface area contributed by atoms with Crippen LogP contribution in [0.1, 0.15) is 17.0 Å². The van der Waals surface area contributed by atoms with Crippen LogP contribution in [0.25, 0.3) is 11.1 Å². The van der Waals surface area contributed by atoms with Gasteiger partial charge in [0.2, 0.25) is 0 Å². The third-order valence-electron chi connectivity index (χ3n) is 5.23. The molecule has 0 bridgehead atoms. The Hall–Kier alpha value is -3.47. The first-order valence-corrected chi connectivity index (χ1v) is 9.31. The molecule has 0 unspecified atom stereocenters. The summed E-state index contributed by atoms with van der Waals surface area (Å²) in [6, 6.07) is 21.6. The summed E-state index contributed by atoms with van der Waals surface area (Å²) in [6.45, 7) is 0.233. The summed E-state index contributed by atoms with van der Waals surface area (Å²) in [6.07, 6.45) is -0.546. The average Bonchev–Trinajstić information content (AvgIpc) is 3.10. The predicted octanol–water partition coefficient (Wildman–Crippen LogP) is 5.25. The highest BCUT2D eigenvalue weighted by molar-refractivity contribution is 5.90.